The lowest BCUT2D eigenvalue weighted by Gasteiger charge is -2.21. The van der Waals surface area contributed by atoms with E-state index in [0.717, 1.165) is 102 Å². The maximum absolute atomic E-state index is 13.1. The van der Waals surface area contributed by atoms with Crippen LogP contribution in [-0.4, -0.2) is 96.7 Å². The van der Waals surface area contributed by atoms with Crippen molar-refractivity contribution in [3.63, 3.8) is 0 Å². The van der Waals surface area contributed by atoms with E-state index in [2.05, 4.69) is 41.5 Å². The van der Waals surface area contributed by atoms with Gasteiger partial charge in [0.05, 0.1) is 26.4 Å². The standard InChI is InChI=1S/C73H142O17P2/c1-7-9-11-13-15-17-18-19-20-26-33-39-45-51-57-72(77)89-68(61-83-70(75)55-49-43-37-29-16-14-12-10-8-2)63-87-91(79,80)85-59-67(74)60-86-92(81,82)88-64-69(62-84-71(76)56-50-44-38-32-28-23-25-31-36-42-48-54-66(5)6)90-73(78)58-52-46-40-34-27-22-21-24-30-35-41-47-53-65(3)4/h65-69,74H,7-64H2,1-6H3,(H,79,80)(H,81,82)/t67-,68+,69+/m0/s1. The summed E-state index contributed by atoms with van der Waals surface area (Å²) in [5.41, 5.74) is 0. The smallest absolute Gasteiger partial charge is 0.462 e. The van der Waals surface area contributed by atoms with Gasteiger partial charge in [-0.3, -0.25) is 37.3 Å². The molecule has 0 spiro atoms. The molecular weight excluding hydrogens is 1210 g/mol. The number of phosphoric ester groups is 2. The molecule has 0 aliphatic heterocycles. The maximum Gasteiger partial charge on any atom is 0.472 e. The van der Waals surface area contributed by atoms with Crippen molar-refractivity contribution in [1.29, 1.82) is 0 Å². The Morgan fingerprint density at radius 2 is 0.500 bits per heavy atom. The van der Waals surface area contributed by atoms with Crippen LogP contribution in [0, 0.1) is 11.8 Å². The molecule has 546 valence electrons. The van der Waals surface area contributed by atoms with Crippen molar-refractivity contribution in [3.8, 4) is 0 Å². The van der Waals surface area contributed by atoms with Crippen LogP contribution < -0.4 is 0 Å². The fourth-order valence-corrected chi connectivity index (χ4v) is 12.7. The van der Waals surface area contributed by atoms with E-state index in [1.807, 2.05) is 0 Å². The summed E-state index contributed by atoms with van der Waals surface area (Å²) in [7, 11) is -9.90. The molecule has 0 aromatic heterocycles. The normalized spacial score (nSPS) is 14.1. The Bertz CT molecular complexity index is 1790. The number of rotatable bonds is 72. The zero-order chi connectivity index (χ0) is 67.9. The average molecular weight is 1350 g/mol. The van der Waals surface area contributed by atoms with Gasteiger partial charge in [0.1, 0.15) is 19.3 Å². The van der Waals surface area contributed by atoms with Crippen LogP contribution in [0.25, 0.3) is 0 Å². The van der Waals surface area contributed by atoms with Crippen LogP contribution in [0.5, 0.6) is 0 Å². The summed E-state index contributed by atoms with van der Waals surface area (Å²) in [5, 5.41) is 10.6. The molecule has 0 aliphatic carbocycles. The molecule has 19 heteroatoms. The van der Waals surface area contributed by atoms with Gasteiger partial charge in [-0.05, 0) is 37.5 Å². The highest BCUT2D eigenvalue weighted by Gasteiger charge is 2.30. The van der Waals surface area contributed by atoms with Crippen molar-refractivity contribution >= 4 is 39.5 Å². The van der Waals surface area contributed by atoms with Crippen LogP contribution in [0.3, 0.4) is 0 Å². The summed E-state index contributed by atoms with van der Waals surface area (Å²) in [5.74, 6) is -0.571. The third-order valence-electron chi connectivity index (χ3n) is 17.0. The average Bonchev–Trinajstić information content (AvgIpc) is 2.23. The summed E-state index contributed by atoms with van der Waals surface area (Å²) in [6.45, 7) is 9.58. The summed E-state index contributed by atoms with van der Waals surface area (Å²) >= 11 is 0. The van der Waals surface area contributed by atoms with Crippen molar-refractivity contribution in [3.05, 3.63) is 0 Å². The Kier molecular flexibility index (Phi) is 63.7. The highest BCUT2D eigenvalue weighted by molar-refractivity contribution is 7.47. The van der Waals surface area contributed by atoms with E-state index in [0.29, 0.717) is 25.7 Å². The first-order valence-electron chi connectivity index (χ1n) is 38.0. The van der Waals surface area contributed by atoms with Gasteiger partial charge >= 0.3 is 39.5 Å². The second kappa shape index (κ2) is 65.0. The third kappa shape index (κ3) is 66.7. The summed E-state index contributed by atoms with van der Waals surface area (Å²) in [4.78, 5) is 72.7. The molecule has 0 aliphatic rings. The highest BCUT2D eigenvalue weighted by atomic mass is 31.2. The van der Waals surface area contributed by atoms with E-state index in [9.17, 15) is 43.2 Å². The molecule has 0 aromatic rings. The molecule has 0 amide bonds. The van der Waals surface area contributed by atoms with Gasteiger partial charge in [0.15, 0.2) is 12.2 Å². The van der Waals surface area contributed by atoms with Crippen LogP contribution in [-0.2, 0) is 65.4 Å². The molecular formula is C73H142O17P2. The predicted octanol–water partition coefficient (Wildman–Crippen LogP) is 21.2. The highest BCUT2D eigenvalue weighted by Crippen LogP contribution is 2.45. The van der Waals surface area contributed by atoms with Crippen molar-refractivity contribution in [2.75, 3.05) is 39.6 Å². The zero-order valence-corrected chi connectivity index (χ0v) is 61.6. The summed E-state index contributed by atoms with van der Waals surface area (Å²) < 4.78 is 68.4. The summed E-state index contributed by atoms with van der Waals surface area (Å²) in [6, 6.07) is 0. The second-order valence-electron chi connectivity index (χ2n) is 27.3. The molecule has 0 saturated heterocycles. The zero-order valence-electron chi connectivity index (χ0n) is 59.9. The Morgan fingerprint density at radius 3 is 0.739 bits per heavy atom. The number of hydrogen-bond acceptors (Lipinski definition) is 15. The van der Waals surface area contributed by atoms with Crippen molar-refractivity contribution in [2.45, 2.75) is 394 Å². The number of aliphatic hydroxyl groups is 1. The monoisotopic (exact) mass is 1350 g/mol. The van der Waals surface area contributed by atoms with E-state index in [1.165, 1.54) is 193 Å². The lowest BCUT2D eigenvalue weighted by atomic mass is 10.0. The number of hydrogen-bond donors (Lipinski definition) is 3. The fraction of sp³-hybridized carbons (Fsp3) is 0.945. The lowest BCUT2D eigenvalue weighted by Crippen LogP contribution is -2.30. The van der Waals surface area contributed by atoms with Crippen molar-refractivity contribution in [2.24, 2.45) is 11.8 Å². The lowest BCUT2D eigenvalue weighted by molar-refractivity contribution is -0.161. The molecule has 0 aromatic carbocycles. The van der Waals surface area contributed by atoms with Crippen LogP contribution >= 0.6 is 15.6 Å². The number of carbonyl (C=O) groups excluding carboxylic acids is 4. The molecule has 0 rings (SSSR count). The van der Waals surface area contributed by atoms with E-state index in [1.54, 1.807) is 0 Å². The maximum atomic E-state index is 13.1. The molecule has 92 heavy (non-hydrogen) atoms. The first-order valence-corrected chi connectivity index (χ1v) is 41.0. The van der Waals surface area contributed by atoms with E-state index < -0.39 is 97.5 Å². The van der Waals surface area contributed by atoms with Gasteiger partial charge in [0, 0.05) is 25.7 Å². The van der Waals surface area contributed by atoms with Gasteiger partial charge in [-0.1, -0.05) is 324 Å². The van der Waals surface area contributed by atoms with E-state index in [4.69, 9.17) is 37.0 Å². The fourth-order valence-electron chi connectivity index (χ4n) is 11.1. The number of unbranched alkanes of at least 4 members (excludes halogenated alkanes) is 42. The minimum absolute atomic E-state index is 0.107. The molecule has 2 unspecified atom stereocenters. The van der Waals surface area contributed by atoms with Crippen molar-refractivity contribution < 1.29 is 80.2 Å². The topological polar surface area (TPSA) is 237 Å². The molecule has 17 nitrogen and oxygen atoms in total. The predicted molar refractivity (Wildman–Crippen MR) is 372 cm³/mol. The number of esters is 4. The van der Waals surface area contributed by atoms with Gasteiger partial charge in [-0.2, -0.15) is 0 Å². The number of aliphatic hydroxyl groups excluding tert-OH is 1. The molecule has 5 atom stereocenters. The molecule has 0 fully saturated rings. The van der Waals surface area contributed by atoms with Crippen molar-refractivity contribution in [1.82, 2.24) is 0 Å². The third-order valence-corrected chi connectivity index (χ3v) is 18.9. The molecule has 0 saturated carbocycles. The Hall–Kier alpha value is -1.94. The second-order valence-corrected chi connectivity index (χ2v) is 30.2. The first-order chi connectivity index (χ1) is 44.4. The molecule has 0 bridgehead atoms. The first kappa shape index (κ1) is 90.1. The van der Waals surface area contributed by atoms with Gasteiger partial charge in [0.25, 0.3) is 0 Å². The van der Waals surface area contributed by atoms with Gasteiger partial charge < -0.3 is 33.8 Å². The van der Waals surface area contributed by atoms with Gasteiger partial charge in [-0.25, -0.2) is 9.13 Å². The van der Waals surface area contributed by atoms with Gasteiger partial charge in [0.2, 0.25) is 0 Å². The van der Waals surface area contributed by atoms with Gasteiger partial charge in [-0.15, -0.1) is 0 Å². The largest absolute Gasteiger partial charge is 0.472 e. The van der Waals surface area contributed by atoms with E-state index >= 15 is 0 Å². The number of phosphoric acid groups is 2. The van der Waals surface area contributed by atoms with Crippen LogP contribution in [0.4, 0.5) is 0 Å². The van der Waals surface area contributed by atoms with Crippen LogP contribution in [0.2, 0.25) is 0 Å². The Labute approximate surface area is 562 Å². The summed E-state index contributed by atoms with van der Waals surface area (Å²) in [6.07, 6.45) is 51.2. The molecule has 0 heterocycles. The van der Waals surface area contributed by atoms with Crippen LogP contribution in [0.1, 0.15) is 375 Å². The Balaban J connectivity index is 5.24. The number of ether oxygens (including phenoxy) is 4. The molecule has 3 N–H and O–H groups in total. The molecule has 0 radical (unpaired) electrons. The number of carbonyl (C=O) groups is 4. The minimum atomic E-state index is -4.95. The SMILES string of the molecule is CCCCCCCCCCCCCCCCC(=O)O[C@H](COC(=O)CCCCCCCCCCC)COP(=O)(O)OC[C@H](O)COP(=O)(O)OC[C@@H](COC(=O)CCCCCCCCCCCCCC(C)C)OC(=O)CCCCCCCCCCCCCCC(C)C. The quantitative estimate of drug-likeness (QED) is 0.0222. The Morgan fingerprint density at radius 1 is 0.293 bits per heavy atom. The minimum Gasteiger partial charge on any atom is -0.462 e. The van der Waals surface area contributed by atoms with E-state index in [-0.39, 0.29) is 25.7 Å². The van der Waals surface area contributed by atoms with Crippen LogP contribution in [0.15, 0.2) is 0 Å².